The summed E-state index contributed by atoms with van der Waals surface area (Å²) in [5, 5.41) is 24.1. The number of amides is 2. The highest BCUT2D eigenvalue weighted by atomic mass is 32.2. The van der Waals surface area contributed by atoms with Crippen LogP contribution in [0.4, 0.5) is 10.8 Å². The number of ether oxygens (including phenoxy) is 1. The summed E-state index contributed by atoms with van der Waals surface area (Å²) in [6.45, 7) is 20.7. The number of hydrogen-bond acceptors (Lipinski definition) is 12. The molecule has 3 aliphatic heterocycles. The van der Waals surface area contributed by atoms with Crippen molar-refractivity contribution in [3.05, 3.63) is 61.6 Å². The average molecular weight is 760 g/mol. The first-order valence-electron chi connectivity index (χ1n) is 17.3. The molecule has 1 N–H and O–H groups in total. The van der Waals surface area contributed by atoms with Crippen molar-refractivity contribution in [2.75, 3.05) is 31.1 Å². The highest BCUT2D eigenvalue weighted by Gasteiger charge is 2.60. The third-order valence-electron chi connectivity index (χ3n) is 10.4. The summed E-state index contributed by atoms with van der Waals surface area (Å²) in [5.74, 6) is -1.87. The highest BCUT2D eigenvalue weighted by molar-refractivity contribution is 8.03. The molecule has 16 heteroatoms. The fourth-order valence-electron chi connectivity index (χ4n) is 6.31. The molecule has 0 aliphatic carbocycles. The van der Waals surface area contributed by atoms with Crippen molar-refractivity contribution in [3.8, 4) is 0 Å². The van der Waals surface area contributed by atoms with Crippen LogP contribution in [-0.4, -0.2) is 101 Å². The molecule has 0 radical (unpaired) electrons. The second-order valence-electron chi connectivity index (χ2n) is 15.3. The van der Waals surface area contributed by atoms with E-state index in [1.165, 1.54) is 52.3 Å². The van der Waals surface area contributed by atoms with Crippen molar-refractivity contribution in [1.82, 2.24) is 14.8 Å². The maximum atomic E-state index is 13.5. The Hall–Kier alpha value is -3.31. The van der Waals surface area contributed by atoms with Gasteiger partial charge in [0.2, 0.25) is 5.91 Å². The minimum absolute atomic E-state index is 0.0153. The van der Waals surface area contributed by atoms with Crippen LogP contribution >= 0.6 is 23.1 Å². The number of β-lactam (4-membered cyclic amide) rings is 1. The number of thiazole rings is 1. The number of aromatic nitrogens is 1. The quantitative estimate of drug-likeness (QED) is 0.0835. The van der Waals surface area contributed by atoms with E-state index < -0.39 is 31.2 Å². The summed E-state index contributed by atoms with van der Waals surface area (Å²) in [7, 11) is -1.94. The predicted octanol–water partition coefficient (Wildman–Crippen LogP) is 5.66. The van der Waals surface area contributed by atoms with Crippen LogP contribution in [0.3, 0.4) is 0 Å². The van der Waals surface area contributed by atoms with E-state index in [9.17, 15) is 29.6 Å². The fourth-order valence-corrected chi connectivity index (χ4v) is 9.68. The van der Waals surface area contributed by atoms with E-state index in [0.29, 0.717) is 37.5 Å². The Balaban J connectivity index is 1.23. The lowest BCUT2D eigenvalue weighted by Crippen LogP contribution is -2.63. The maximum Gasteiger partial charge on any atom is 0.356 e. The molecular weight excluding hydrogens is 711 g/mol. The SMILES string of the molecule is CC(C)N(CCO[Si](C)(C)C(C)(C)C)C(=O)c1csc(N2CC(SC3=C(C(=O)OCc4ccc([N+](=O)[O-])cc4)N4C(=O)[C@H]([C@@H](C)O)[C@H]4[C@H]3C)C2)n1. The van der Waals surface area contributed by atoms with Gasteiger partial charge in [-0.3, -0.25) is 19.7 Å². The zero-order valence-electron chi connectivity index (χ0n) is 30.7. The second kappa shape index (κ2) is 15.0. The smallest absolute Gasteiger partial charge is 0.356 e. The predicted molar refractivity (Wildman–Crippen MR) is 200 cm³/mol. The molecule has 4 atom stereocenters. The lowest BCUT2D eigenvalue weighted by molar-refractivity contribution is -0.384. The normalized spacial score (nSPS) is 21.4. The minimum Gasteiger partial charge on any atom is -0.456 e. The molecule has 1 aromatic carbocycles. The topological polar surface area (TPSA) is 156 Å². The van der Waals surface area contributed by atoms with Gasteiger partial charge in [0.15, 0.2) is 13.4 Å². The number of carbonyl (C=O) groups excluding carboxylic acids is 3. The monoisotopic (exact) mass is 759 g/mol. The van der Waals surface area contributed by atoms with Crippen molar-refractivity contribution in [2.45, 2.75) is 96.6 Å². The van der Waals surface area contributed by atoms with Gasteiger partial charge in [0.25, 0.3) is 11.6 Å². The number of esters is 1. The molecule has 51 heavy (non-hydrogen) atoms. The van der Waals surface area contributed by atoms with Gasteiger partial charge in [0.05, 0.1) is 29.6 Å². The van der Waals surface area contributed by atoms with E-state index in [2.05, 4.69) is 38.8 Å². The number of aliphatic hydroxyl groups excluding tert-OH is 1. The second-order valence-corrected chi connectivity index (χ2v) is 22.3. The van der Waals surface area contributed by atoms with Gasteiger partial charge in [-0.05, 0) is 56.6 Å². The summed E-state index contributed by atoms with van der Waals surface area (Å²) in [5.41, 5.74) is 1.12. The molecule has 1 aromatic heterocycles. The van der Waals surface area contributed by atoms with Crippen LogP contribution in [-0.2, 0) is 25.4 Å². The molecule has 278 valence electrons. The van der Waals surface area contributed by atoms with Crippen molar-refractivity contribution >= 4 is 60.0 Å². The number of non-ortho nitro benzene ring substituents is 1. The number of fused-ring (bicyclic) bond motifs is 1. The number of nitro groups is 1. The molecule has 13 nitrogen and oxygen atoms in total. The summed E-state index contributed by atoms with van der Waals surface area (Å²) < 4.78 is 12.0. The Kier molecular flexibility index (Phi) is 11.4. The molecule has 2 aromatic rings. The van der Waals surface area contributed by atoms with Crippen molar-refractivity contribution in [3.63, 3.8) is 0 Å². The zero-order chi connectivity index (χ0) is 37.6. The third-order valence-corrected chi connectivity index (χ3v) is 17.3. The van der Waals surface area contributed by atoms with Crippen LogP contribution in [0.1, 0.15) is 64.5 Å². The Morgan fingerprint density at radius 3 is 2.41 bits per heavy atom. The van der Waals surface area contributed by atoms with Gasteiger partial charge in [0.1, 0.15) is 18.0 Å². The van der Waals surface area contributed by atoms with Gasteiger partial charge < -0.3 is 29.0 Å². The molecule has 0 saturated carbocycles. The number of nitro benzene ring substituents is 1. The van der Waals surface area contributed by atoms with Gasteiger partial charge in [-0.2, -0.15) is 0 Å². The molecule has 2 amide bonds. The van der Waals surface area contributed by atoms with Crippen LogP contribution in [0.2, 0.25) is 18.1 Å². The summed E-state index contributed by atoms with van der Waals surface area (Å²) in [4.78, 5) is 61.6. The lowest BCUT2D eigenvalue weighted by atomic mass is 9.79. The van der Waals surface area contributed by atoms with Gasteiger partial charge in [-0.1, -0.05) is 27.7 Å². The largest absolute Gasteiger partial charge is 0.456 e. The molecule has 5 rings (SSSR count). The maximum absolute atomic E-state index is 13.5. The minimum atomic E-state index is -1.94. The zero-order valence-corrected chi connectivity index (χ0v) is 33.4. The first-order valence-corrected chi connectivity index (χ1v) is 22.0. The van der Waals surface area contributed by atoms with Gasteiger partial charge in [0, 0.05) is 59.3 Å². The van der Waals surface area contributed by atoms with Crippen LogP contribution in [0.5, 0.6) is 0 Å². The number of anilines is 1. The van der Waals surface area contributed by atoms with Gasteiger partial charge in [-0.15, -0.1) is 23.1 Å². The number of thioether (sulfide) groups is 1. The van der Waals surface area contributed by atoms with Crippen molar-refractivity contribution in [1.29, 1.82) is 0 Å². The first-order chi connectivity index (χ1) is 23.8. The number of nitrogens with zero attached hydrogens (tertiary/aromatic N) is 5. The number of aliphatic hydroxyl groups is 1. The lowest BCUT2D eigenvalue weighted by Gasteiger charge is -2.46. The van der Waals surface area contributed by atoms with Crippen LogP contribution in [0, 0.1) is 22.0 Å². The first kappa shape index (κ1) is 38.9. The number of benzene rings is 1. The van der Waals surface area contributed by atoms with Gasteiger partial charge >= 0.3 is 5.97 Å². The van der Waals surface area contributed by atoms with E-state index >= 15 is 0 Å². The average Bonchev–Trinajstić information content (AvgIpc) is 3.60. The summed E-state index contributed by atoms with van der Waals surface area (Å²) in [6.07, 6.45) is -0.861. The van der Waals surface area contributed by atoms with E-state index in [1.54, 1.807) is 12.3 Å². The Morgan fingerprint density at radius 1 is 1.20 bits per heavy atom. The molecule has 0 spiro atoms. The molecule has 2 fully saturated rings. The standard InChI is InChI=1S/C35H49N5O8S2Si/c1-20(2)38(14-15-48-51(8,9)35(5,6)7)31(42)26-19-49-34(36-26)37-16-25(17-37)50-30-21(3)28-27(22(4)41)32(43)39(28)29(30)33(44)47-18-23-10-12-24(13-11-23)40(45)46/h10-13,19-22,25,27-28,41H,14-18H2,1-9H3/t21-,22-,27-,28-/m1/s1. The van der Waals surface area contributed by atoms with E-state index in [1.807, 2.05) is 25.7 Å². The van der Waals surface area contributed by atoms with Crippen molar-refractivity contribution < 1.29 is 33.6 Å². The number of rotatable bonds is 14. The molecule has 0 bridgehead atoms. The number of carbonyl (C=O) groups is 3. The van der Waals surface area contributed by atoms with E-state index in [-0.39, 0.29) is 58.1 Å². The van der Waals surface area contributed by atoms with E-state index in [0.717, 1.165) is 10.0 Å². The van der Waals surface area contributed by atoms with Crippen molar-refractivity contribution in [2.24, 2.45) is 11.8 Å². The highest BCUT2D eigenvalue weighted by Crippen LogP contribution is 2.52. The van der Waals surface area contributed by atoms with Crippen LogP contribution in [0.15, 0.2) is 40.2 Å². The number of hydrogen-bond donors (Lipinski definition) is 1. The van der Waals surface area contributed by atoms with Gasteiger partial charge in [-0.25, -0.2) is 9.78 Å². The fraction of sp³-hybridized carbons (Fsp3) is 0.600. The molecule has 0 unspecified atom stereocenters. The Morgan fingerprint density at radius 2 is 1.84 bits per heavy atom. The summed E-state index contributed by atoms with van der Waals surface area (Å²) >= 11 is 2.96. The molecule has 4 heterocycles. The Bertz CT molecular complexity index is 1680. The third kappa shape index (κ3) is 7.89. The molecule has 3 aliphatic rings. The summed E-state index contributed by atoms with van der Waals surface area (Å²) in [6, 6.07) is 5.39. The molecular formula is C35H49N5O8S2Si. The Labute approximate surface area is 308 Å². The van der Waals surface area contributed by atoms with E-state index in [4.69, 9.17) is 14.1 Å². The van der Waals surface area contributed by atoms with Crippen LogP contribution < -0.4 is 4.90 Å². The van der Waals surface area contributed by atoms with Crippen LogP contribution in [0.25, 0.3) is 0 Å². The molecule has 2 saturated heterocycles.